The van der Waals surface area contributed by atoms with Gasteiger partial charge in [-0.1, -0.05) is 19.0 Å². The van der Waals surface area contributed by atoms with Crippen molar-refractivity contribution in [1.82, 2.24) is 14.7 Å². The minimum absolute atomic E-state index is 0.263. The van der Waals surface area contributed by atoms with Crippen LogP contribution in [0, 0.1) is 12.8 Å². The van der Waals surface area contributed by atoms with Crippen LogP contribution >= 0.6 is 15.9 Å². The van der Waals surface area contributed by atoms with E-state index in [1.165, 1.54) is 0 Å². The Bertz CT molecular complexity index is 470. The molecule has 0 radical (unpaired) electrons. The molecule has 0 fully saturated rings. The molecule has 0 atom stereocenters. The number of oxime groups is 1. The van der Waals surface area contributed by atoms with Gasteiger partial charge in [-0.2, -0.15) is 5.10 Å². The maximum Gasteiger partial charge on any atom is 0.140 e. The summed E-state index contributed by atoms with van der Waals surface area (Å²) >= 11 is 3.59. The van der Waals surface area contributed by atoms with Gasteiger partial charge in [0.25, 0.3) is 0 Å². The van der Waals surface area contributed by atoms with Crippen LogP contribution in [-0.4, -0.2) is 38.8 Å². The fraction of sp³-hybridized carbons (Fsp3) is 0.692. The van der Waals surface area contributed by atoms with Crippen molar-refractivity contribution in [3.05, 3.63) is 15.9 Å². The topological polar surface area (TPSA) is 79.7 Å². The predicted molar refractivity (Wildman–Crippen MR) is 83.8 cm³/mol. The SMILES string of the molecule is Cc1nn(C)c(CN(CCC(N)=NO)CC(C)C)c1Br. The highest BCUT2D eigenvalue weighted by atomic mass is 79.9. The number of amidine groups is 1. The van der Waals surface area contributed by atoms with Crippen molar-refractivity contribution in [3.63, 3.8) is 0 Å². The van der Waals surface area contributed by atoms with Gasteiger partial charge >= 0.3 is 0 Å². The van der Waals surface area contributed by atoms with Gasteiger partial charge in [0.15, 0.2) is 0 Å². The molecule has 114 valence electrons. The Labute approximate surface area is 128 Å². The van der Waals surface area contributed by atoms with Gasteiger partial charge in [-0.25, -0.2) is 0 Å². The minimum Gasteiger partial charge on any atom is -0.409 e. The number of aromatic nitrogens is 2. The summed E-state index contributed by atoms with van der Waals surface area (Å²) in [6, 6.07) is 0. The fourth-order valence-corrected chi connectivity index (χ4v) is 2.60. The van der Waals surface area contributed by atoms with Gasteiger partial charge in [0, 0.05) is 33.1 Å². The summed E-state index contributed by atoms with van der Waals surface area (Å²) in [5.41, 5.74) is 7.69. The molecule has 1 aromatic heterocycles. The second-order valence-corrected chi connectivity index (χ2v) is 6.23. The first-order valence-electron chi connectivity index (χ1n) is 6.71. The summed E-state index contributed by atoms with van der Waals surface area (Å²) in [5.74, 6) is 0.814. The summed E-state index contributed by atoms with van der Waals surface area (Å²) in [5, 5.41) is 16.1. The zero-order chi connectivity index (χ0) is 15.3. The standard InChI is InChI=1S/C13H24BrN5O/c1-9(2)7-19(6-5-12(15)17-20)8-11-13(14)10(3)16-18(11)4/h9,20H,5-8H2,1-4H3,(H2,15,17). The lowest BCUT2D eigenvalue weighted by Gasteiger charge is -2.24. The van der Waals surface area contributed by atoms with Crippen molar-refractivity contribution in [3.8, 4) is 0 Å². The smallest absolute Gasteiger partial charge is 0.140 e. The summed E-state index contributed by atoms with van der Waals surface area (Å²) < 4.78 is 2.95. The number of rotatable bonds is 7. The van der Waals surface area contributed by atoms with Crippen molar-refractivity contribution in [2.45, 2.75) is 33.7 Å². The first kappa shape index (κ1) is 17.0. The third kappa shape index (κ3) is 4.79. The fourth-order valence-electron chi connectivity index (χ4n) is 2.14. The minimum atomic E-state index is 0.263. The van der Waals surface area contributed by atoms with Crippen LogP contribution in [0.4, 0.5) is 0 Å². The highest BCUT2D eigenvalue weighted by Crippen LogP contribution is 2.22. The van der Waals surface area contributed by atoms with Gasteiger partial charge in [-0.05, 0) is 28.8 Å². The van der Waals surface area contributed by atoms with Crippen molar-refractivity contribution >= 4 is 21.8 Å². The lowest BCUT2D eigenvalue weighted by Crippen LogP contribution is -2.32. The first-order valence-corrected chi connectivity index (χ1v) is 7.51. The number of hydrogen-bond donors (Lipinski definition) is 2. The van der Waals surface area contributed by atoms with Crippen molar-refractivity contribution in [1.29, 1.82) is 0 Å². The summed E-state index contributed by atoms with van der Waals surface area (Å²) in [4.78, 5) is 2.30. The molecule has 0 unspecified atom stereocenters. The third-order valence-corrected chi connectivity index (χ3v) is 4.10. The normalized spacial score (nSPS) is 12.7. The molecule has 6 nitrogen and oxygen atoms in total. The maximum atomic E-state index is 8.63. The Morgan fingerprint density at radius 3 is 2.65 bits per heavy atom. The summed E-state index contributed by atoms with van der Waals surface area (Å²) in [7, 11) is 1.95. The molecule has 1 aromatic rings. The van der Waals surface area contributed by atoms with Crippen molar-refractivity contribution < 1.29 is 5.21 Å². The van der Waals surface area contributed by atoms with E-state index in [0.29, 0.717) is 12.3 Å². The molecule has 20 heavy (non-hydrogen) atoms. The molecular formula is C13H24BrN5O. The molecule has 0 aliphatic carbocycles. The number of hydrogen-bond acceptors (Lipinski definition) is 4. The molecule has 1 rings (SSSR count). The van der Waals surface area contributed by atoms with Crippen LogP contribution in [0.2, 0.25) is 0 Å². The second kappa shape index (κ2) is 7.64. The molecule has 0 bridgehead atoms. The average Bonchev–Trinajstić information content (AvgIpc) is 2.61. The Balaban J connectivity index is 2.78. The van der Waals surface area contributed by atoms with E-state index >= 15 is 0 Å². The highest BCUT2D eigenvalue weighted by Gasteiger charge is 2.16. The van der Waals surface area contributed by atoms with Gasteiger partial charge in [-0.15, -0.1) is 0 Å². The van der Waals surface area contributed by atoms with E-state index in [9.17, 15) is 0 Å². The quantitative estimate of drug-likeness (QED) is 0.343. The molecule has 0 aromatic carbocycles. The molecule has 3 N–H and O–H groups in total. The number of nitrogens with zero attached hydrogens (tertiary/aromatic N) is 4. The summed E-state index contributed by atoms with van der Waals surface area (Å²) in [6.45, 7) is 8.84. The van der Waals surface area contributed by atoms with Crippen LogP contribution in [-0.2, 0) is 13.6 Å². The van der Waals surface area contributed by atoms with E-state index < -0.39 is 0 Å². The van der Waals surface area contributed by atoms with E-state index in [1.54, 1.807) is 0 Å². The molecule has 0 aliphatic rings. The van der Waals surface area contributed by atoms with Crippen LogP contribution in [0.5, 0.6) is 0 Å². The van der Waals surface area contributed by atoms with Crippen LogP contribution in [0.3, 0.4) is 0 Å². The monoisotopic (exact) mass is 345 g/mol. The highest BCUT2D eigenvalue weighted by molar-refractivity contribution is 9.10. The Morgan fingerprint density at radius 1 is 1.55 bits per heavy atom. The number of nitrogens with two attached hydrogens (primary N) is 1. The third-order valence-electron chi connectivity index (χ3n) is 3.07. The molecule has 7 heteroatoms. The van der Waals surface area contributed by atoms with E-state index in [0.717, 1.165) is 35.5 Å². The molecule has 1 heterocycles. The summed E-state index contributed by atoms with van der Waals surface area (Å²) in [6.07, 6.45) is 0.553. The Kier molecular flexibility index (Phi) is 6.48. The van der Waals surface area contributed by atoms with Crippen molar-refractivity contribution in [2.75, 3.05) is 13.1 Å². The van der Waals surface area contributed by atoms with Crippen LogP contribution < -0.4 is 5.73 Å². The molecule has 0 spiro atoms. The number of halogens is 1. The van der Waals surface area contributed by atoms with E-state index in [-0.39, 0.29) is 5.84 Å². The van der Waals surface area contributed by atoms with Crippen LogP contribution in [0.15, 0.2) is 9.63 Å². The van der Waals surface area contributed by atoms with Crippen molar-refractivity contribution in [2.24, 2.45) is 23.9 Å². The van der Waals surface area contributed by atoms with Gasteiger partial charge in [0.2, 0.25) is 0 Å². The molecule has 0 saturated carbocycles. The van der Waals surface area contributed by atoms with Crippen LogP contribution in [0.25, 0.3) is 0 Å². The molecule has 0 saturated heterocycles. The van der Waals surface area contributed by atoms with E-state index in [1.807, 2.05) is 18.7 Å². The predicted octanol–water partition coefficient (Wildman–Crippen LogP) is 2.09. The molecule has 0 aliphatic heterocycles. The zero-order valence-electron chi connectivity index (χ0n) is 12.6. The van der Waals surface area contributed by atoms with Gasteiger partial charge < -0.3 is 10.9 Å². The van der Waals surface area contributed by atoms with Gasteiger partial charge in [-0.3, -0.25) is 9.58 Å². The van der Waals surface area contributed by atoms with E-state index in [4.69, 9.17) is 10.9 Å². The van der Waals surface area contributed by atoms with E-state index in [2.05, 4.69) is 44.9 Å². The van der Waals surface area contributed by atoms with Gasteiger partial charge in [0.1, 0.15) is 5.84 Å². The Hall–Kier alpha value is -1.08. The lowest BCUT2D eigenvalue weighted by atomic mass is 10.2. The zero-order valence-corrected chi connectivity index (χ0v) is 14.2. The van der Waals surface area contributed by atoms with Gasteiger partial charge in [0.05, 0.1) is 15.9 Å². The first-order chi connectivity index (χ1) is 9.35. The van der Waals surface area contributed by atoms with Crippen LogP contribution in [0.1, 0.15) is 31.7 Å². The maximum absolute atomic E-state index is 8.63. The number of aryl methyl sites for hydroxylation is 2. The largest absolute Gasteiger partial charge is 0.409 e. The molecule has 0 amide bonds. The Morgan fingerprint density at radius 2 is 2.20 bits per heavy atom. The molecular weight excluding hydrogens is 322 g/mol. The second-order valence-electron chi connectivity index (χ2n) is 5.44. The lowest BCUT2D eigenvalue weighted by molar-refractivity contribution is 0.234. The average molecular weight is 346 g/mol.